The number of nitrogens with zero attached hydrogens (tertiary/aromatic N) is 5. The summed E-state index contributed by atoms with van der Waals surface area (Å²) in [6.45, 7) is 7.67. The van der Waals surface area contributed by atoms with Crippen molar-refractivity contribution >= 4 is 5.65 Å². The van der Waals surface area contributed by atoms with Gasteiger partial charge in [-0.25, -0.2) is 9.67 Å². The molecule has 0 atom stereocenters. The van der Waals surface area contributed by atoms with Crippen molar-refractivity contribution in [3.8, 4) is 0 Å². The number of rotatable bonds is 5. The minimum Gasteiger partial charge on any atom is -0.309 e. The Balaban J connectivity index is 1.74. The number of aryl methyl sites for hydroxylation is 1. The van der Waals surface area contributed by atoms with Crippen LogP contribution in [0.1, 0.15) is 30.8 Å². The highest BCUT2D eigenvalue weighted by molar-refractivity contribution is 5.47. The molecule has 0 radical (unpaired) electrons. The Morgan fingerprint density at radius 2 is 2.10 bits per heavy atom. The van der Waals surface area contributed by atoms with Crippen molar-refractivity contribution in [3.63, 3.8) is 0 Å². The third-order valence-electron chi connectivity index (χ3n) is 3.33. The maximum atomic E-state index is 4.65. The second-order valence-electron chi connectivity index (χ2n) is 5.60. The van der Waals surface area contributed by atoms with Crippen molar-refractivity contribution in [2.24, 2.45) is 0 Å². The van der Waals surface area contributed by atoms with E-state index in [1.807, 2.05) is 33.7 Å². The van der Waals surface area contributed by atoms with Gasteiger partial charge in [0.25, 0.3) is 0 Å². The Labute approximate surface area is 123 Å². The summed E-state index contributed by atoms with van der Waals surface area (Å²) in [5.41, 5.74) is 4.10. The number of pyridine rings is 1. The van der Waals surface area contributed by atoms with Crippen LogP contribution in [0.5, 0.6) is 0 Å². The highest BCUT2D eigenvalue weighted by Crippen LogP contribution is 2.10. The van der Waals surface area contributed by atoms with Crippen LogP contribution in [0.2, 0.25) is 0 Å². The average Bonchev–Trinajstić information content (AvgIpc) is 3.04. The molecule has 0 spiro atoms. The molecule has 0 aromatic carbocycles. The van der Waals surface area contributed by atoms with Crippen LogP contribution in [-0.4, -0.2) is 30.4 Å². The average molecular weight is 284 g/mol. The molecule has 110 valence electrons. The van der Waals surface area contributed by atoms with Crippen molar-refractivity contribution in [1.29, 1.82) is 0 Å². The molecule has 3 aromatic rings. The van der Waals surface area contributed by atoms with Gasteiger partial charge in [-0.1, -0.05) is 25.1 Å². The van der Waals surface area contributed by atoms with Crippen LogP contribution in [0.4, 0.5) is 0 Å². The molecule has 0 bridgehead atoms. The van der Waals surface area contributed by atoms with E-state index >= 15 is 0 Å². The first-order valence-corrected chi connectivity index (χ1v) is 7.17. The van der Waals surface area contributed by atoms with E-state index in [1.165, 1.54) is 5.56 Å². The molecule has 6 nitrogen and oxygen atoms in total. The first-order valence-electron chi connectivity index (χ1n) is 7.17. The second kappa shape index (κ2) is 5.65. The molecular formula is C15H20N6. The van der Waals surface area contributed by atoms with E-state index in [4.69, 9.17) is 0 Å². The first kappa shape index (κ1) is 13.8. The summed E-state index contributed by atoms with van der Waals surface area (Å²) in [5, 5.41) is 11.7. The summed E-state index contributed by atoms with van der Waals surface area (Å²) >= 11 is 0. The van der Waals surface area contributed by atoms with Crippen LogP contribution in [0.15, 0.2) is 30.7 Å². The lowest BCUT2D eigenvalue weighted by atomic mass is 10.3. The van der Waals surface area contributed by atoms with E-state index in [9.17, 15) is 0 Å². The van der Waals surface area contributed by atoms with E-state index in [0.29, 0.717) is 12.6 Å². The van der Waals surface area contributed by atoms with Gasteiger partial charge >= 0.3 is 0 Å². The SMILES string of the molecule is Cc1cccn2cc(Cn3cc(CNC(C)C)nn3)nc12. The first-order chi connectivity index (χ1) is 10.1. The van der Waals surface area contributed by atoms with Crippen LogP contribution in [-0.2, 0) is 13.1 Å². The van der Waals surface area contributed by atoms with E-state index in [1.54, 1.807) is 0 Å². The van der Waals surface area contributed by atoms with E-state index < -0.39 is 0 Å². The molecule has 0 aliphatic heterocycles. The Kier molecular flexibility index (Phi) is 3.70. The molecule has 0 aliphatic carbocycles. The standard InChI is InChI=1S/C15H20N6/c1-11(2)16-7-13-9-21(19-18-13)10-14-8-20-6-4-5-12(3)15(20)17-14/h4-6,8-9,11,16H,7,10H2,1-3H3. The Morgan fingerprint density at radius 1 is 1.24 bits per heavy atom. The van der Waals surface area contributed by atoms with Gasteiger partial charge in [-0.15, -0.1) is 5.10 Å². The van der Waals surface area contributed by atoms with Crippen molar-refractivity contribution < 1.29 is 0 Å². The van der Waals surface area contributed by atoms with Gasteiger partial charge in [0.1, 0.15) is 5.65 Å². The highest BCUT2D eigenvalue weighted by Gasteiger charge is 2.06. The van der Waals surface area contributed by atoms with Gasteiger partial charge in [0, 0.05) is 25.0 Å². The van der Waals surface area contributed by atoms with E-state index in [0.717, 1.165) is 23.6 Å². The molecule has 0 aliphatic rings. The molecule has 0 saturated heterocycles. The number of imidazole rings is 1. The van der Waals surface area contributed by atoms with E-state index in [2.05, 4.69) is 47.5 Å². The van der Waals surface area contributed by atoms with Crippen LogP contribution in [0, 0.1) is 6.92 Å². The van der Waals surface area contributed by atoms with Gasteiger partial charge in [0.15, 0.2) is 0 Å². The topological polar surface area (TPSA) is 60.0 Å². The second-order valence-corrected chi connectivity index (χ2v) is 5.60. The number of aromatic nitrogens is 5. The largest absolute Gasteiger partial charge is 0.309 e. The molecule has 0 saturated carbocycles. The lowest BCUT2D eigenvalue weighted by molar-refractivity contribution is 0.580. The maximum absolute atomic E-state index is 4.65. The number of fused-ring (bicyclic) bond motifs is 1. The van der Waals surface area contributed by atoms with E-state index in [-0.39, 0.29) is 0 Å². The minimum absolute atomic E-state index is 0.441. The fourth-order valence-electron chi connectivity index (χ4n) is 2.25. The number of nitrogens with one attached hydrogen (secondary N) is 1. The minimum atomic E-state index is 0.441. The van der Waals surface area contributed by atoms with Gasteiger partial charge in [-0.05, 0) is 18.6 Å². The molecule has 0 unspecified atom stereocenters. The highest BCUT2D eigenvalue weighted by atomic mass is 15.4. The zero-order valence-electron chi connectivity index (χ0n) is 12.6. The number of hydrogen-bond donors (Lipinski definition) is 1. The summed E-state index contributed by atoms with van der Waals surface area (Å²) in [6, 6.07) is 4.53. The molecule has 21 heavy (non-hydrogen) atoms. The zero-order valence-corrected chi connectivity index (χ0v) is 12.6. The molecule has 3 aromatic heterocycles. The quantitative estimate of drug-likeness (QED) is 0.776. The molecule has 1 N–H and O–H groups in total. The van der Waals surface area contributed by atoms with Crippen LogP contribution < -0.4 is 5.32 Å². The summed E-state index contributed by atoms with van der Waals surface area (Å²) in [5.74, 6) is 0. The Hall–Kier alpha value is -2.21. The van der Waals surface area contributed by atoms with Gasteiger partial charge < -0.3 is 9.72 Å². The van der Waals surface area contributed by atoms with Crippen LogP contribution >= 0.6 is 0 Å². The van der Waals surface area contributed by atoms with Gasteiger partial charge in [-0.3, -0.25) is 0 Å². The third kappa shape index (κ3) is 3.11. The lowest BCUT2D eigenvalue weighted by Gasteiger charge is -2.03. The maximum Gasteiger partial charge on any atom is 0.140 e. The predicted molar refractivity (Wildman–Crippen MR) is 81.0 cm³/mol. The molecule has 3 heterocycles. The van der Waals surface area contributed by atoms with Gasteiger partial charge in [-0.2, -0.15) is 0 Å². The van der Waals surface area contributed by atoms with Crippen molar-refractivity contribution in [3.05, 3.63) is 47.7 Å². The molecule has 6 heteroatoms. The molecule has 0 amide bonds. The monoisotopic (exact) mass is 284 g/mol. The van der Waals surface area contributed by atoms with Crippen LogP contribution in [0.25, 0.3) is 5.65 Å². The van der Waals surface area contributed by atoms with Crippen LogP contribution in [0.3, 0.4) is 0 Å². The Bertz CT molecular complexity index is 740. The summed E-state index contributed by atoms with van der Waals surface area (Å²) < 4.78 is 3.87. The summed E-state index contributed by atoms with van der Waals surface area (Å²) in [6.07, 6.45) is 6.01. The van der Waals surface area contributed by atoms with Gasteiger partial charge in [0.2, 0.25) is 0 Å². The Morgan fingerprint density at radius 3 is 2.86 bits per heavy atom. The van der Waals surface area contributed by atoms with Crippen molar-refractivity contribution in [1.82, 2.24) is 29.7 Å². The summed E-state index contributed by atoms with van der Waals surface area (Å²) in [7, 11) is 0. The normalized spacial score (nSPS) is 11.6. The lowest BCUT2D eigenvalue weighted by Crippen LogP contribution is -2.21. The van der Waals surface area contributed by atoms with Gasteiger partial charge in [0.05, 0.1) is 24.1 Å². The third-order valence-corrected chi connectivity index (χ3v) is 3.33. The molecular weight excluding hydrogens is 264 g/mol. The fourth-order valence-corrected chi connectivity index (χ4v) is 2.25. The number of hydrogen-bond acceptors (Lipinski definition) is 4. The van der Waals surface area contributed by atoms with Crippen molar-refractivity contribution in [2.45, 2.75) is 39.9 Å². The molecule has 0 fully saturated rings. The summed E-state index contributed by atoms with van der Waals surface area (Å²) in [4.78, 5) is 4.65. The molecule has 3 rings (SSSR count). The van der Waals surface area contributed by atoms with Crippen molar-refractivity contribution in [2.75, 3.05) is 0 Å². The smallest absolute Gasteiger partial charge is 0.140 e. The zero-order chi connectivity index (χ0) is 14.8. The predicted octanol–water partition coefficient (Wildman–Crippen LogP) is 1.78. The fraction of sp³-hybridized carbons (Fsp3) is 0.400.